The largest absolute Gasteiger partial charge is 0.478 e. The molecule has 0 atom stereocenters. The lowest BCUT2D eigenvalue weighted by Gasteiger charge is -2.14. The highest BCUT2D eigenvalue weighted by molar-refractivity contribution is 5.38. The van der Waals surface area contributed by atoms with Crippen molar-refractivity contribution in [3.8, 4) is 5.88 Å². The molecule has 0 amide bonds. The predicted octanol–water partition coefficient (Wildman–Crippen LogP) is 1.22. The first-order chi connectivity index (χ1) is 7.96. The number of hydrogen-bond donors (Lipinski definition) is 2. The van der Waals surface area contributed by atoms with Crippen molar-refractivity contribution in [3.05, 3.63) is 11.9 Å². The maximum absolute atomic E-state index is 12.8. The summed E-state index contributed by atoms with van der Waals surface area (Å²) in [7, 11) is 0. The molecule has 0 fully saturated rings. The lowest BCUT2D eigenvalue weighted by molar-refractivity contribution is -0.0373. The van der Waals surface area contributed by atoms with Gasteiger partial charge in [-0.2, -0.15) is 4.98 Å². The molecule has 0 bridgehead atoms. The summed E-state index contributed by atoms with van der Waals surface area (Å²) in [6.45, 7) is 1.97. The van der Waals surface area contributed by atoms with Crippen LogP contribution in [-0.2, 0) is 0 Å². The minimum absolute atomic E-state index is 0.245. The van der Waals surface area contributed by atoms with Gasteiger partial charge in [0.05, 0.1) is 13.2 Å². The average Bonchev–Trinajstić information content (AvgIpc) is 2.26. The van der Waals surface area contributed by atoms with Gasteiger partial charge >= 0.3 is 0 Å². The van der Waals surface area contributed by atoms with Crippen LogP contribution >= 0.6 is 0 Å². The quantitative estimate of drug-likeness (QED) is 0.791. The molecule has 0 saturated heterocycles. The van der Waals surface area contributed by atoms with Crippen LogP contribution in [-0.4, -0.2) is 40.8 Å². The van der Waals surface area contributed by atoms with Crippen molar-refractivity contribution in [2.75, 3.05) is 25.1 Å². The van der Waals surface area contributed by atoms with E-state index in [0.717, 1.165) is 0 Å². The van der Waals surface area contributed by atoms with Gasteiger partial charge in [-0.1, -0.05) is 0 Å². The highest BCUT2D eigenvalue weighted by atomic mass is 19.3. The van der Waals surface area contributed by atoms with E-state index < -0.39 is 19.1 Å². The van der Waals surface area contributed by atoms with Gasteiger partial charge in [0.1, 0.15) is 18.2 Å². The van der Waals surface area contributed by atoms with Crippen LogP contribution in [0.1, 0.15) is 12.7 Å². The van der Waals surface area contributed by atoms with Crippen LogP contribution in [0.25, 0.3) is 0 Å². The monoisotopic (exact) mass is 247 g/mol. The van der Waals surface area contributed by atoms with Crippen molar-refractivity contribution < 1.29 is 18.6 Å². The Balaban J connectivity index is 2.70. The smallest absolute Gasteiger partial charge is 0.287 e. The summed E-state index contributed by atoms with van der Waals surface area (Å²) < 4.78 is 30.8. The molecule has 0 saturated carbocycles. The maximum Gasteiger partial charge on any atom is 0.287 e. The third kappa shape index (κ3) is 4.48. The van der Waals surface area contributed by atoms with E-state index in [9.17, 15) is 8.78 Å². The van der Waals surface area contributed by atoms with Gasteiger partial charge in [-0.25, -0.2) is 13.8 Å². The van der Waals surface area contributed by atoms with Crippen LogP contribution in [0.15, 0.2) is 6.07 Å². The molecule has 1 heterocycles. The Morgan fingerprint density at radius 2 is 2.18 bits per heavy atom. The fourth-order valence-corrected chi connectivity index (χ4v) is 1.13. The predicted molar refractivity (Wildman–Crippen MR) is 58.5 cm³/mol. The van der Waals surface area contributed by atoms with E-state index in [2.05, 4.69) is 15.3 Å². The summed E-state index contributed by atoms with van der Waals surface area (Å²) in [5.41, 5.74) is 0. The Labute approximate surface area is 97.8 Å². The van der Waals surface area contributed by atoms with E-state index in [1.807, 2.05) is 0 Å². The van der Waals surface area contributed by atoms with Crippen molar-refractivity contribution in [1.82, 2.24) is 9.97 Å². The molecule has 0 radical (unpaired) electrons. The highest BCUT2D eigenvalue weighted by Gasteiger charge is 2.27. The molecular weight excluding hydrogens is 232 g/mol. The molecule has 1 aromatic heterocycles. The fourth-order valence-electron chi connectivity index (χ4n) is 1.13. The number of aromatic nitrogens is 2. The van der Waals surface area contributed by atoms with Crippen LogP contribution in [0.3, 0.4) is 0 Å². The van der Waals surface area contributed by atoms with Gasteiger partial charge in [0, 0.05) is 6.07 Å². The van der Waals surface area contributed by atoms with E-state index in [4.69, 9.17) is 9.84 Å². The second-order valence-electron chi connectivity index (χ2n) is 3.44. The van der Waals surface area contributed by atoms with Gasteiger partial charge < -0.3 is 15.2 Å². The SMILES string of the molecule is CCOc1cc(NCC(F)(F)CO)nc(C)n1. The molecule has 2 N–H and O–H groups in total. The minimum Gasteiger partial charge on any atom is -0.478 e. The first-order valence-corrected chi connectivity index (χ1v) is 5.18. The molecule has 0 aliphatic rings. The lowest BCUT2D eigenvalue weighted by atomic mass is 10.3. The Kier molecular flexibility index (Phi) is 4.56. The van der Waals surface area contributed by atoms with E-state index >= 15 is 0 Å². The third-order valence-electron chi connectivity index (χ3n) is 1.87. The number of aliphatic hydroxyl groups is 1. The summed E-state index contributed by atoms with van der Waals surface area (Å²) >= 11 is 0. The molecule has 5 nitrogen and oxygen atoms in total. The summed E-state index contributed by atoms with van der Waals surface area (Å²) in [4.78, 5) is 7.91. The Morgan fingerprint density at radius 1 is 1.47 bits per heavy atom. The van der Waals surface area contributed by atoms with Gasteiger partial charge in [-0.3, -0.25) is 0 Å². The molecule has 0 aliphatic heterocycles. The molecule has 0 unspecified atom stereocenters. The normalized spacial score (nSPS) is 11.4. The number of nitrogens with zero attached hydrogens (tertiary/aromatic N) is 2. The third-order valence-corrected chi connectivity index (χ3v) is 1.87. The number of hydrogen-bond acceptors (Lipinski definition) is 5. The highest BCUT2D eigenvalue weighted by Crippen LogP contribution is 2.16. The molecule has 0 spiro atoms. The van der Waals surface area contributed by atoms with Crippen LogP contribution in [0.2, 0.25) is 0 Å². The van der Waals surface area contributed by atoms with Gasteiger partial charge in [-0.05, 0) is 13.8 Å². The second-order valence-corrected chi connectivity index (χ2v) is 3.44. The van der Waals surface area contributed by atoms with Crippen LogP contribution in [0.4, 0.5) is 14.6 Å². The van der Waals surface area contributed by atoms with Gasteiger partial charge in [0.25, 0.3) is 5.92 Å². The first-order valence-electron chi connectivity index (χ1n) is 5.18. The Bertz CT molecular complexity index is 375. The van der Waals surface area contributed by atoms with E-state index in [1.165, 1.54) is 6.07 Å². The zero-order chi connectivity index (χ0) is 12.9. The van der Waals surface area contributed by atoms with E-state index in [-0.39, 0.29) is 5.82 Å². The molecule has 1 rings (SSSR count). The number of rotatable bonds is 6. The lowest BCUT2D eigenvalue weighted by Crippen LogP contribution is -2.31. The van der Waals surface area contributed by atoms with E-state index in [0.29, 0.717) is 18.3 Å². The topological polar surface area (TPSA) is 67.3 Å². The zero-order valence-corrected chi connectivity index (χ0v) is 9.70. The number of nitrogens with one attached hydrogen (secondary N) is 1. The van der Waals surface area contributed by atoms with Crippen molar-refractivity contribution in [2.45, 2.75) is 19.8 Å². The first kappa shape index (κ1) is 13.6. The molecular formula is C10H15F2N3O2. The van der Waals surface area contributed by atoms with Gasteiger partial charge in [0.15, 0.2) is 0 Å². The average molecular weight is 247 g/mol. The van der Waals surface area contributed by atoms with Gasteiger partial charge in [0.2, 0.25) is 5.88 Å². The molecule has 7 heteroatoms. The number of ether oxygens (including phenoxy) is 1. The number of halogens is 2. The maximum atomic E-state index is 12.8. The molecule has 17 heavy (non-hydrogen) atoms. The number of anilines is 1. The van der Waals surface area contributed by atoms with Crippen molar-refractivity contribution >= 4 is 5.82 Å². The minimum atomic E-state index is -3.18. The molecule has 0 aliphatic carbocycles. The van der Waals surface area contributed by atoms with Gasteiger partial charge in [-0.15, -0.1) is 0 Å². The number of aliphatic hydroxyl groups excluding tert-OH is 1. The molecule has 0 aromatic carbocycles. The van der Waals surface area contributed by atoms with E-state index in [1.54, 1.807) is 13.8 Å². The Hall–Kier alpha value is -1.50. The fraction of sp³-hybridized carbons (Fsp3) is 0.600. The van der Waals surface area contributed by atoms with Crippen LogP contribution in [0, 0.1) is 6.92 Å². The Morgan fingerprint density at radius 3 is 2.76 bits per heavy atom. The summed E-state index contributed by atoms with van der Waals surface area (Å²) in [5, 5.41) is 10.9. The number of aryl methyl sites for hydroxylation is 1. The summed E-state index contributed by atoms with van der Waals surface area (Å²) in [6, 6.07) is 1.43. The van der Waals surface area contributed by atoms with Crippen LogP contribution < -0.4 is 10.1 Å². The second kappa shape index (κ2) is 5.72. The summed E-state index contributed by atoms with van der Waals surface area (Å²) in [6.07, 6.45) is 0. The standard InChI is InChI=1S/C10H15F2N3O2/c1-3-17-9-4-8(14-7(2)15-9)13-5-10(11,12)6-16/h4,16H,3,5-6H2,1-2H3,(H,13,14,15). The van der Waals surface area contributed by atoms with Crippen LogP contribution in [0.5, 0.6) is 5.88 Å². The zero-order valence-electron chi connectivity index (χ0n) is 9.70. The van der Waals surface area contributed by atoms with Crippen molar-refractivity contribution in [3.63, 3.8) is 0 Å². The van der Waals surface area contributed by atoms with Crippen molar-refractivity contribution in [1.29, 1.82) is 0 Å². The molecule has 96 valence electrons. The molecule has 1 aromatic rings. The summed E-state index contributed by atoms with van der Waals surface area (Å²) in [5.74, 6) is -2.18. The van der Waals surface area contributed by atoms with Crippen molar-refractivity contribution in [2.24, 2.45) is 0 Å². The number of alkyl halides is 2.